The Kier molecular flexibility index (Phi) is 6.27. The highest BCUT2D eigenvalue weighted by molar-refractivity contribution is 6.22. The summed E-state index contributed by atoms with van der Waals surface area (Å²) < 4.78 is 6.33. The molecule has 0 saturated heterocycles. The lowest BCUT2D eigenvalue weighted by molar-refractivity contribution is 0.590. The van der Waals surface area contributed by atoms with Crippen molar-refractivity contribution in [3.8, 4) is 33.5 Å². The average Bonchev–Trinajstić information content (AvgIpc) is 3.62. The predicted molar refractivity (Wildman–Crippen MR) is 195 cm³/mol. The summed E-state index contributed by atoms with van der Waals surface area (Å²) in [7, 11) is 0. The number of furan rings is 1. The largest absolute Gasteiger partial charge is 0.454 e. The van der Waals surface area contributed by atoms with Crippen molar-refractivity contribution in [1.29, 1.82) is 0 Å². The van der Waals surface area contributed by atoms with Crippen molar-refractivity contribution in [3.05, 3.63) is 126 Å². The van der Waals surface area contributed by atoms with Crippen molar-refractivity contribution in [3.63, 3.8) is 0 Å². The predicted octanol–water partition coefficient (Wildman–Crippen LogP) is 12.2. The molecule has 8 rings (SSSR count). The molecular formula is C43H38N2O. The van der Waals surface area contributed by atoms with Crippen molar-refractivity contribution in [2.75, 3.05) is 0 Å². The van der Waals surface area contributed by atoms with Gasteiger partial charge in [-0.3, -0.25) is 0 Å². The highest BCUT2D eigenvalue weighted by Gasteiger charge is 2.18. The van der Waals surface area contributed by atoms with Gasteiger partial charge in [0.1, 0.15) is 11.1 Å². The number of fused-ring (bicyclic) bond motifs is 7. The Morgan fingerprint density at radius 3 is 1.70 bits per heavy atom. The van der Waals surface area contributed by atoms with Crippen LogP contribution in [0, 0.1) is 0 Å². The van der Waals surface area contributed by atoms with Gasteiger partial charge in [0.15, 0.2) is 5.58 Å². The SMILES string of the molecule is CC(C)(C)c1ccc(-c2cc(-c3ccc(C(C)(C)C)cc3)cc(-c3ccc4oc5ccc6c7ccccc7[nH]c6c5c4n3)c2)cc1. The third-order valence-corrected chi connectivity index (χ3v) is 9.36. The lowest BCUT2D eigenvalue weighted by Gasteiger charge is -2.20. The number of pyridine rings is 1. The fourth-order valence-electron chi connectivity index (χ4n) is 6.64. The summed E-state index contributed by atoms with van der Waals surface area (Å²) >= 11 is 0. The molecule has 0 bridgehead atoms. The molecule has 0 aliphatic rings. The number of nitrogens with zero attached hydrogens (tertiary/aromatic N) is 1. The van der Waals surface area contributed by atoms with E-state index in [1.807, 2.05) is 0 Å². The maximum Gasteiger partial charge on any atom is 0.154 e. The maximum absolute atomic E-state index is 6.33. The number of rotatable bonds is 3. The molecule has 3 nitrogen and oxygen atoms in total. The molecular weight excluding hydrogens is 560 g/mol. The van der Waals surface area contributed by atoms with Gasteiger partial charge < -0.3 is 9.40 Å². The molecule has 0 unspecified atom stereocenters. The van der Waals surface area contributed by atoms with Crippen LogP contribution in [0.2, 0.25) is 0 Å². The molecule has 0 fully saturated rings. The van der Waals surface area contributed by atoms with Crippen LogP contribution < -0.4 is 0 Å². The Bertz CT molecular complexity index is 2330. The van der Waals surface area contributed by atoms with Crippen LogP contribution in [0.5, 0.6) is 0 Å². The Morgan fingerprint density at radius 2 is 1.09 bits per heavy atom. The van der Waals surface area contributed by atoms with Crippen LogP contribution in [-0.2, 0) is 10.8 Å². The second-order valence-corrected chi connectivity index (χ2v) is 14.6. The first-order valence-corrected chi connectivity index (χ1v) is 16.1. The highest BCUT2D eigenvalue weighted by atomic mass is 16.3. The Labute approximate surface area is 269 Å². The van der Waals surface area contributed by atoms with Crippen molar-refractivity contribution >= 4 is 43.9 Å². The molecule has 0 aliphatic carbocycles. The number of H-pyrrole nitrogens is 1. The molecule has 0 radical (unpaired) electrons. The van der Waals surface area contributed by atoms with Gasteiger partial charge in [-0.25, -0.2) is 4.98 Å². The summed E-state index contributed by atoms with van der Waals surface area (Å²) in [6, 6.07) is 41.7. The van der Waals surface area contributed by atoms with Gasteiger partial charge in [0.25, 0.3) is 0 Å². The molecule has 226 valence electrons. The van der Waals surface area contributed by atoms with E-state index >= 15 is 0 Å². The quantitative estimate of drug-likeness (QED) is 0.220. The van der Waals surface area contributed by atoms with Gasteiger partial charge in [-0.1, -0.05) is 108 Å². The molecule has 3 aromatic heterocycles. The third-order valence-electron chi connectivity index (χ3n) is 9.36. The molecule has 3 heteroatoms. The first-order valence-electron chi connectivity index (χ1n) is 16.1. The summed E-state index contributed by atoms with van der Waals surface area (Å²) in [5, 5.41) is 3.41. The van der Waals surface area contributed by atoms with E-state index in [4.69, 9.17) is 9.40 Å². The van der Waals surface area contributed by atoms with Gasteiger partial charge in [-0.15, -0.1) is 0 Å². The second-order valence-electron chi connectivity index (χ2n) is 14.6. The minimum absolute atomic E-state index is 0.101. The Balaban J connectivity index is 1.32. The zero-order valence-electron chi connectivity index (χ0n) is 27.3. The summed E-state index contributed by atoms with van der Waals surface area (Å²) in [5.74, 6) is 0. The summed E-state index contributed by atoms with van der Waals surface area (Å²) in [4.78, 5) is 8.95. The van der Waals surface area contributed by atoms with E-state index in [0.717, 1.165) is 44.4 Å². The van der Waals surface area contributed by atoms with Crippen LogP contribution in [0.15, 0.2) is 120 Å². The Hall–Kier alpha value is -5.15. The van der Waals surface area contributed by atoms with Gasteiger partial charge in [0, 0.05) is 21.9 Å². The second kappa shape index (κ2) is 10.2. The fourth-order valence-corrected chi connectivity index (χ4v) is 6.64. The van der Waals surface area contributed by atoms with E-state index in [0.29, 0.717) is 0 Å². The van der Waals surface area contributed by atoms with Crippen molar-refractivity contribution in [2.24, 2.45) is 0 Å². The topological polar surface area (TPSA) is 41.8 Å². The molecule has 8 aromatic rings. The van der Waals surface area contributed by atoms with E-state index in [1.54, 1.807) is 0 Å². The standard InChI is InChI=1S/C43H38N2O/c1-42(2,3)31-15-11-26(12-16-31)28-23-29(27-13-17-32(18-14-27)43(4,5)6)25-30(24-28)35-20-22-38-41(44-35)39-37(46-38)21-19-34-33-9-7-8-10-36(33)45-40(34)39/h7-25,45H,1-6H3. The number of aromatic amines is 1. The average molecular weight is 599 g/mol. The number of hydrogen-bond acceptors (Lipinski definition) is 2. The van der Waals surface area contributed by atoms with Crippen LogP contribution in [0.4, 0.5) is 0 Å². The van der Waals surface area contributed by atoms with Crippen LogP contribution >= 0.6 is 0 Å². The van der Waals surface area contributed by atoms with Crippen molar-refractivity contribution in [1.82, 2.24) is 9.97 Å². The van der Waals surface area contributed by atoms with Crippen LogP contribution in [0.3, 0.4) is 0 Å². The molecule has 3 heterocycles. The number of aromatic nitrogens is 2. The minimum atomic E-state index is 0.101. The highest BCUT2D eigenvalue weighted by Crippen LogP contribution is 2.39. The van der Waals surface area contributed by atoms with Gasteiger partial charge in [-0.2, -0.15) is 0 Å². The summed E-state index contributed by atoms with van der Waals surface area (Å²) in [5.41, 5.74) is 14.3. The van der Waals surface area contributed by atoms with E-state index in [-0.39, 0.29) is 10.8 Å². The van der Waals surface area contributed by atoms with E-state index in [2.05, 4.69) is 162 Å². The summed E-state index contributed by atoms with van der Waals surface area (Å²) in [6.07, 6.45) is 0. The number of para-hydroxylation sites is 1. The molecule has 46 heavy (non-hydrogen) atoms. The van der Waals surface area contributed by atoms with Gasteiger partial charge in [-0.05, 0) is 92.7 Å². The van der Waals surface area contributed by atoms with Crippen LogP contribution in [0.25, 0.3) is 77.4 Å². The van der Waals surface area contributed by atoms with Gasteiger partial charge in [0.05, 0.1) is 16.6 Å². The van der Waals surface area contributed by atoms with Crippen LogP contribution in [-0.4, -0.2) is 9.97 Å². The molecule has 0 aliphatic heterocycles. The van der Waals surface area contributed by atoms with E-state index < -0.39 is 0 Å². The van der Waals surface area contributed by atoms with Crippen LogP contribution in [0.1, 0.15) is 52.7 Å². The van der Waals surface area contributed by atoms with E-state index in [9.17, 15) is 0 Å². The lowest BCUT2D eigenvalue weighted by atomic mass is 9.85. The fraction of sp³-hybridized carbons (Fsp3) is 0.186. The summed E-state index contributed by atoms with van der Waals surface area (Å²) in [6.45, 7) is 13.5. The number of nitrogens with one attached hydrogen (secondary N) is 1. The number of benzene rings is 5. The van der Waals surface area contributed by atoms with Gasteiger partial charge >= 0.3 is 0 Å². The zero-order chi connectivity index (χ0) is 31.8. The first kappa shape index (κ1) is 28.3. The first-order chi connectivity index (χ1) is 22.0. The zero-order valence-corrected chi connectivity index (χ0v) is 27.3. The molecule has 5 aromatic carbocycles. The normalized spacial score (nSPS) is 12.6. The van der Waals surface area contributed by atoms with E-state index in [1.165, 1.54) is 44.2 Å². The van der Waals surface area contributed by atoms with Crippen molar-refractivity contribution < 1.29 is 4.42 Å². The molecule has 0 atom stereocenters. The maximum atomic E-state index is 6.33. The molecule has 1 N–H and O–H groups in total. The number of hydrogen-bond donors (Lipinski definition) is 1. The van der Waals surface area contributed by atoms with Crippen molar-refractivity contribution in [2.45, 2.75) is 52.4 Å². The smallest absolute Gasteiger partial charge is 0.154 e. The van der Waals surface area contributed by atoms with Gasteiger partial charge in [0.2, 0.25) is 0 Å². The minimum Gasteiger partial charge on any atom is -0.454 e. The molecule has 0 amide bonds. The molecule has 0 saturated carbocycles. The Morgan fingerprint density at radius 1 is 0.522 bits per heavy atom. The third kappa shape index (κ3) is 4.79. The monoisotopic (exact) mass is 598 g/mol. The molecule has 0 spiro atoms. The lowest BCUT2D eigenvalue weighted by Crippen LogP contribution is -2.10.